The molecule has 3 N–H and O–H groups in total. The fourth-order valence-corrected chi connectivity index (χ4v) is 2.99. The maximum Gasteiger partial charge on any atom is 0.289 e. The Hall–Kier alpha value is -0.850. The minimum Gasteiger partial charge on any atom is -0.463 e. The average Bonchev–Trinajstić information content (AvgIpc) is 2.88. The van der Waals surface area contributed by atoms with Crippen LogP contribution < -0.4 is 0 Å². The molecule has 0 bridgehead atoms. The van der Waals surface area contributed by atoms with Crippen LogP contribution in [0.25, 0.3) is 0 Å². The van der Waals surface area contributed by atoms with E-state index < -0.39 is 24.5 Å². The van der Waals surface area contributed by atoms with Crippen molar-refractivity contribution in [2.45, 2.75) is 76.3 Å². The van der Waals surface area contributed by atoms with Crippen molar-refractivity contribution >= 4 is 6.02 Å². The van der Waals surface area contributed by atoms with E-state index >= 15 is 0 Å². The normalized spacial score (nSPS) is 34.1. The third-order valence-electron chi connectivity index (χ3n) is 4.28. The number of amidine groups is 1. The predicted octanol–water partition coefficient (Wildman–Crippen LogP) is 0.848. The molecule has 4 atom stereocenters. The third-order valence-corrected chi connectivity index (χ3v) is 4.28. The Labute approximate surface area is 126 Å². The Kier molecular flexibility index (Phi) is 6.26. The van der Waals surface area contributed by atoms with Gasteiger partial charge in [-0.25, -0.2) is 4.99 Å². The molecule has 2 aliphatic heterocycles. The highest BCUT2D eigenvalue weighted by atomic mass is 16.5. The van der Waals surface area contributed by atoms with Crippen LogP contribution in [0.4, 0.5) is 0 Å². The molecule has 2 fully saturated rings. The molecule has 2 saturated heterocycles. The summed E-state index contributed by atoms with van der Waals surface area (Å²) in [5.74, 6) is 0. The van der Waals surface area contributed by atoms with Crippen LogP contribution in [0.1, 0.15) is 51.9 Å². The van der Waals surface area contributed by atoms with Gasteiger partial charge in [-0.3, -0.25) is 4.90 Å². The lowest BCUT2D eigenvalue weighted by Crippen LogP contribution is -2.58. The summed E-state index contributed by atoms with van der Waals surface area (Å²) in [6.07, 6.45) is 4.72. The molecule has 0 aromatic carbocycles. The van der Waals surface area contributed by atoms with Gasteiger partial charge in [0.05, 0.1) is 12.1 Å². The van der Waals surface area contributed by atoms with E-state index in [0.29, 0.717) is 12.6 Å². The maximum atomic E-state index is 10.0. The first-order valence-corrected chi connectivity index (χ1v) is 8.15. The number of unbranched alkanes of at least 4 members (excludes halogenated alkanes) is 5. The smallest absolute Gasteiger partial charge is 0.289 e. The lowest BCUT2D eigenvalue weighted by Gasteiger charge is -2.39. The SMILES string of the molecule is CCCCCCCCN=C1OCC2[C@@H](O)C(O)C[C@@H](O)N12. The number of piperidine rings is 1. The second kappa shape index (κ2) is 7.96. The van der Waals surface area contributed by atoms with Gasteiger partial charge in [-0.15, -0.1) is 0 Å². The Balaban J connectivity index is 1.77. The van der Waals surface area contributed by atoms with E-state index in [-0.39, 0.29) is 13.0 Å². The number of hydrogen-bond donors (Lipinski definition) is 3. The van der Waals surface area contributed by atoms with E-state index in [9.17, 15) is 15.3 Å². The van der Waals surface area contributed by atoms with Crippen LogP contribution in [0.3, 0.4) is 0 Å². The predicted molar refractivity (Wildman–Crippen MR) is 79.9 cm³/mol. The van der Waals surface area contributed by atoms with Crippen molar-refractivity contribution in [3.8, 4) is 0 Å². The lowest BCUT2D eigenvalue weighted by atomic mass is 9.96. The molecule has 6 heteroatoms. The molecule has 0 aromatic rings. The van der Waals surface area contributed by atoms with Gasteiger partial charge in [-0.2, -0.15) is 0 Å². The summed E-state index contributed by atoms with van der Waals surface area (Å²) in [5.41, 5.74) is 0. The zero-order valence-corrected chi connectivity index (χ0v) is 12.8. The van der Waals surface area contributed by atoms with Crippen molar-refractivity contribution in [2.24, 2.45) is 4.99 Å². The molecule has 6 nitrogen and oxygen atoms in total. The van der Waals surface area contributed by atoms with Gasteiger partial charge in [-0.1, -0.05) is 39.0 Å². The van der Waals surface area contributed by atoms with E-state index in [2.05, 4.69) is 11.9 Å². The Morgan fingerprint density at radius 1 is 1.14 bits per heavy atom. The van der Waals surface area contributed by atoms with Crippen LogP contribution in [0, 0.1) is 0 Å². The Morgan fingerprint density at radius 3 is 2.62 bits per heavy atom. The Bertz CT molecular complexity index is 351. The average molecular weight is 300 g/mol. The van der Waals surface area contributed by atoms with Crippen molar-refractivity contribution in [2.75, 3.05) is 13.2 Å². The number of aliphatic imine (C=N–C) groups is 1. The molecule has 0 amide bonds. The molecule has 2 heterocycles. The van der Waals surface area contributed by atoms with E-state index in [0.717, 1.165) is 12.8 Å². The van der Waals surface area contributed by atoms with Crippen molar-refractivity contribution in [3.63, 3.8) is 0 Å². The molecule has 0 aliphatic carbocycles. The van der Waals surface area contributed by atoms with Gasteiger partial charge in [0.1, 0.15) is 18.9 Å². The highest BCUT2D eigenvalue weighted by Crippen LogP contribution is 2.28. The van der Waals surface area contributed by atoms with E-state index in [4.69, 9.17) is 4.74 Å². The largest absolute Gasteiger partial charge is 0.463 e. The second-order valence-corrected chi connectivity index (χ2v) is 5.99. The second-order valence-electron chi connectivity index (χ2n) is 5.99. The monoisotopic (exact) mass is 300 g/mol. The number of aliphatic hydroxyl groups excluding tert-OH is 3. The molecule has 2 unspecified atom stereocenters. The summed E-state index contributed by atoms with van der Waals surface area (Å²) in [5, 5.41) is 29.6. The van der Waals surface area contributed by atoms with Gasteiger partial charge < -0.3 is 20.1 Å². The Morgan fingerprint density at radius 2 is 1.86 bits per heavy atom. The van der Waals surface area contributed by atoms with E-state index in [1.165, 1.54) is 25.7 Å². The fourth-order valence-electron chi connectivity index (χ4n) is 2.99. The third kappa shape index (κ3) is 4.08. The van der Waals surface area contributed by atoms with Crippen molar-refractivity contribution < 1.29 is 20.1 Å². The molecule has 122 valence electrons. The summed E-state index contributed by atoms with van der Waals surface area (Å²) < 4.78 is 5.48. The number of nitrogens with zero attached hydrogens (tertiary/aromatic N) is 2. The van der Waals surface area contributed by atoms with E-state index in [1.807, 2.05) is 0 Å². The van der Waals surface area contributed by atoms with Gasteiger partial charge in [0.15, 0.2) is 0 Å². The van der Waals surface area contributed by atoms with Crippen molar-refractivity contribution in [1.82, 2.24) is 4.90 Å². The molecule has 2 rings (SSSR count). The first-order valence-electron chi connectivity index (χ1n) is 8.15. The molecular formula is C15H28N2O4. The van der Waals surface area contributed by atoms with Crippen LogP contribution in [0.15, 0.2) is 4.99 Å². The van der Waals surface area contributed by atoms with Crippen LogP contribution in [-0.4, -0.2) is 63.9 Å². The minimum atomic E-state index is -0.900. The quantitative estimate of drug-likeness (QED) is 0.607. The van der Waals surface area contributed by atoms with Gasteiger partial charge in [-0.05, 0) is 6.42 Å². The van der Waals surface area contributed by atoms with Gasteiger partial charge in [0.25, 0.3) is 6.02 Å². The standard InChI is InChI=1S/C15H28N2O4/c1-2-3-4-5-6-7-8-16-15-17-11(10-21-15)14(20)12(18)9-13(17)19/h11-14,18-20H,2-10H2,1H3/t11?,12?,13-,14-/m1/s1. The molecule has 2 aliphatic rings. The highest BCUT2D eigenvalue weighted by molar-refractivity contribution is 5.76. The summed E-state index contributed by atoms with van der Waals surface area (Å²) in [6.45, 7) is 3.15. The lowest BCUT2D eigenvalue weighted by molar-refractivity contribution is -0.119. The minimum absolute atomic E-state index is 0.122. The van der Waals surface area contributed by atoms with Crippen LogP contribution in [0.5, 0.6) is 0 Å². The summed E-state index contributed by atoms with van der Waals surface area (Å²) in [4.78, 5) is 6.01. The van der Waals surface area contributed by atoms with Gasteiger partial charge in [0.2, 0.25) is 0 Å². The fraction of sp³-hybridized carbons (Fsp3) is 0.933. The van der Waals surface area contributed by atoms with Crippen molar-refractivity contribution in [1.29, 1.82) is 0 Å². The summed E-state index contributed by atoms with van der Waals surface area (Å²) in [6, 6.07) is 0.0130. The number of rotatable bonds is 7. The van der Waals surface area contributed by atoms with Crippen LogP contribution in [-0.2, 0) is 4.74 Å². The summed E-state index contributed by atoms with van der Waals surface area (Å²) >= 11 is 0. The zero-order valence-electron chi connectivity index (χ0n) is 12.8. The molecule has 0 spiro atoms. The number of fused-ring (bicyclic) bond motifs is 1. The van der Waals surface area contributed by atoms with Crippen molar-refractivity contribution in [3.05, 3.63) is 0 Å². The molecule has 0 aromatic heterocycles. The first kappa shape index (κ1) is 16.5. The molecule has 0 saturated carbocycles. The molecular weight excluding hydrogens is 272 g/mol. The van der Waals surface area contributed by atoms with Crippen LogP contribution in [0.2, 0.25) is 0 Å². The van der Waals surface area contributed by atoms with Gasteiger partial charge in [0, 0.05) is 13.0 Å². The maximum absolute atomic E-state index is 10.0. The molecule has 21 heavy (non-hydrogen) atoms. The summed E-state index contributed by atoms with van der Waals surface area (Å²) in [7, 11) is 0. The number of ether oxygens (including phenoxy) is 1. The number of hydrogen-bond acceptors (Lipinski definition) is 5. The first-order chi connectivity index (χ1) is 10.1. The highest BCUT2D eigenvalue weighted by Gasteiger charge is 2.47. The van der Waals surface area contributed by atoms with E-state index in [1.54, 1.807) is 4.90 Å². The number of aliphatic hydroxyl groups is 3. The van der Waals surface area contributed by atoms with Crippen LogP contribution >= 0.6 is 0 Å². The van der Waals surface area contributed by atoms with Gasteiger partial charge >= 0.3 is 0 Å². The zero-order chi connectivity index (χ0) is 15.2. The topological polar surface area (TPSA) is 85.5 Å². The molecule has 0 radical (unpaired) electrons.